The summed E-state index contributed by atoms with van der Waals surface area (Å²) in [4.78, 5) is 13.0. The molecule has 0 saturated heterocycles. The highest BCUT2D eigenvalue weighted by atomic mass is 79.9. The summed E-state index contributed by atoms with van der Waals surface area (Å²) in [6.45, 7) is 0.789. The quantitative estimate of drug-likeness (QED) is 0.760. The van der Waals surface area contributed by atoms with Gasteiger partial charge in [-0.1, -0.05) is 27.5 Å². The molecule has 0 saturated carbocycles. The number of amides is 1. The highest BCUT2D eigenvalue weighted by Gasteiger charge is 2.15. The van der Waals surface area contributed by atoms with E-state index in [4.69, 9.17) is 16.3 Å². The predicted molar refractivity (Wildman–Crippen MR) is 96.2 cm³/mol. The number of likely N-dealkylation sites (N-methyl/N-ethyl adjacent to an activating group) is 1. The number of benzene rings is 2. The van der Waals surface area contributed by atoms with E-state index in [2.05, 4.69) is 21.2 Å². The van der Waals surface area contributed by atoms with Gasteiger partial charge in [0.15, 0.2) is 6.54 Å². The average Bonchev–Trinajstić information content (AvgIpc) is 2.50. The van der Waals surface area contributed by atoms with E-state index >= 15 is 0 Å². The first-order valence-corrected chi connectivity index (χ1v) is 8.44. The van der Waals surface area contributed by atoms with Gasteiger partial charge in [-0.25, -0.2) is 4.39 Å². The molecule has 0 bridgehead atoms. The maximum Gasteiger partial charge on any atom is 0.279 e. The zero-order chi connectivity index (χ0) is 17.7. The van der Waals surface area contributed by atoms with Gasteiger partial charge in [0.25, 0.3) is 5.91 Å². The smallest absolute Gasteiger partial charge is 0.279 e. The SMILES string of the molecule is COc1ccc(Br)cc1C[NH+](C)CC(=O)Nc1ccc(Cl)cc1F. The Hall–Kier alpha value is -1.63. The van der Waals surface area contributed by atoms with Crippen LogP contribution in [0.15, 0.2) is 40.9 Å². The molecule has 0 radical (unpaired) electrons. The molecular weight excluding hydrogens is 399 g/mol. The molecule has 2 N–H and O–H groups in total. The standard InChI is InChI=1S/C17H17BrClFN2O2/c1-22(9-11-7-12(18)3-6-16(11)24-2)10-17(23)21-15-5-4-13(19)8-14(15)20/h3-8H,9-10H2,1-2H3,(H,21,23)/p+1. The molecule has 1 atom stereocenters. The van der Waals surface area contributed by atoms with Crippen molar-refractivity contribution in [1.29, 1.82) is 0 Å². The Morgan fingerprint density at radius 2 is 2.08 bits per heavy atom. The van der Waals surface area contributed by atoms with Crippen LogP contribution in [-0.4, -0.2) is 26.6 Å². The normalized spacial score (nSPS) is 11.9. The summed E-state index contributed by atoms with van der Waals surface area (Å²) in [6.07, 6.45) is 0. The van der Waals surface area contributed by atoms with E-state index in [1.807, 2.05) is 25.2 Å². The van der Waals surface area contributed by atoms with Gasteiger partial charge in [-0.2, -0.15) is 0 Å². The average molecular weight is 417 g/mol. The predicted octanol–water partition coefficient (Wildman–Crippen LogP) is 2.90. The van der Waals surface area contributed by atoms with Crippen LogP contribution in [-0.2, 0) is 11.3 Å². The molecule has 4 nitrogen and oxygen atoms in total. The molecule has 1 amide bonds. The Balaban J connectivity index is 1.98. The third-order valence-electron chi connectivity index (χ3n) is 3.40. The van der Waals surface area contributed by atoms with E-state index in [0.29, 0.717) is 6.54 Å². The molecule has 1 unspecified atom stereocenters. The minimum absolute atomic E-state index is 0.122. The first-order valence-electron chi connectivity index (χ1n) is 7.27. The van der Waals surface area contributed by atoms with Gasteiger partial charge < -0.3 is 15.0 Å². The fourth-order valence-corrected chi connectivity index (χ4v) is 2.90. The minimum Gasteiger partial charge on any atom is -0.496 e. The van der Waals surface area contributed by atoms with Crippen LogP contribution in [0.25, 0.3) is 0 Å². The first-order chi connectivity index (χ1) is 11.4. The number of carbonyl (C=O) groups excluding carboxylic acids is 1. The molecular formula is C17H18BrClFN2O2+. The molecule has 24 heavy (non-hydrogen) atoms. The number of rotatable bonds is 6. The van der Waals surface area contributed by atoms with Crippen molar-refractivity contribution in [3.05, 3.63) is 57.3 Å². The summed E-state index contributed by atoms with van der Waals surface area (Å²) >= 11 is 9.12. The van der Waals surface area contributed by atoms with Crippen LogP contribution >= 0.6 is 27.5 Å². The molecule has 2 aromatic carbocycles. The van der Waals surface area contributed by atoms with Crippen molar-refractivity contribution in [3.8, 4) is 5.75 Å². The van der Waals surface area contributed by atoms with E-state index < -0.39 is 5.82 Å². The Bertz CT molecular complexity index is 743. The molecule has 0 aliphatic heterocycles. The Morgan fingerprint density at radius 3 is 2.75 bits per heavy atom. The van der Waals surface area contributed by atoms with Crippen LogP contribution in [0.2, 0.25) is 5.02 Å². The number of nitrogens with one attached hydrogen (secondary N) is 2. The third kappa shape index (κ3) is 5.19. The fourth-order valence-electron chi connectivity index (χ4n) is 2.33. The lowest BCUT2D eigenvalue weighted by molar-refractivity contribution is -0.885. The second kappa shape index (κ2) is 8.46. The summed E-state index contributed by atoms with van der Waals surface area (Å²) in [5.74, 6) is -0.0634. The van der Waals surface area contributed by atoms with E-state index in [0.717, 1.165) is 20.7 Å². The number of quaternary nitrogens is 1. The van der Waals surface area contributed by atoms with Crippen LogP contribution in [0.5, 0.6) is 5.75 Å². The number of halogens is 3. The fraction of sp³-hybridized carbons (Fsp3) is 0.235. The van der Waals surface area contributed by atoms with E-state index in [9.17, 15) is 9.18 Å². The Labute approximate surface area is 153 Å². The van der Waals surface area contributed by atoms with Crippen molar-refractivity contribution >= 4 is 39.1 Å². The van der Waals surface area contributed by atoms with Crippen LogP contribution < -0.4 is 15.0 Å². The number of anilines is 1. The van der Waals surface area contributed by atoms with Crippen LogP contribution in [0, 0.1) is 5.82 Å². The molecule has 7 heteroatoms. The molecule has 0 aliphatic rings. The summed E-state index contributed by atoms with van der Waals surface area (Å²) < 4.78 is 20.0. The van der Waals surface area contributed by atoms with Crippen molar-refractivity contribution in [1.82, 2.24) is 0 Å². The number of hydrogen-bond acceptors (Lipinski definition) is 2. The van der Waals surface area contributed by atoms with Gasteiger partial charge in [0.1, 0.15) is 18.1 Å². The highest BCUT2D eigenvalue weighted by molar-refractivity contribution is 9.10. The first kappa shape index (κ1) is 18.7. The van der Waals surface area contributed by atoms with Crippen molar-refractivity contribution in [2.24, 2.45) is 0 Å². The van der Waals surface area contributed by atoms with Crippen molar-refractivity contribution in [3.63, 3.8) is 0 Å². The van der Waals surface area contributed by atoms with Gasteiger partial charge in [-0.15, -0.1) is 0 Å². The summed E-state index contributed by atoms with van der Waals surface area (Å²) in [5.41, 5.74) is 1.10. The maximum atomic E-state index is 13.7. The largest absolute Gasteiger partial charge is 0.496 e. The lowest BCUT2D eigenvalue weighted by Gasteiger charge is -2.16. The molecule has 128 valence electrons. The molecule has 0 aromatic heterocycles. The number of hydrogen-bond donors (Lipinski definition) is 2. The zero-order valence-electron chi connectivity index (χ0n) is 13.3. The second-order valence-electron chi connectivity index (χ2n) is 5.44. The minimum atomic E-state index is -0.554. The van der Waals surface area contributed by atoms with Crippen LogP contribution in [0.1, 0.15) is 5.56 Å². The highest BCUT2D eigenvalue weighted by Crippen LogP contribution is 2.22. The number of methoxy groups -OCH3 is 1. The van der Waals surface area contributed by atoms with Crippen molar-refractivity contribution in [2.75, 3.05) is 26.0 Å². The number of carbonyl (C=O) groups is 1. The molecule has 2 rings (SSSR count). The summed E-state index contributed by atoms with van der Waals surface area (Å²) in [7, 11) is 3.50. The molecule has 0 spiro atoms. The Kier molecular flexibility index (Phi) is 6.60. The molecule has 0 aliphatic carbocycles. The lowest BCUT2D eigenvalue weighted by Crippen LogP contribution is -3.08. The molecule has 0 heterocycles. The Morgan fingerprint density at radius 1 is 1.33 bits per heavy atom. The summed E-state index contributed by atoms with van der Waals surface area (Å²) in [5, 5.41) is 2.85. The maximum absolute atomic E-state index is 13.7. The third-order valence-corrected chi connectivity index (χ3v) is 4.13. The van der Waals surface area contributed by atoms with Gasteiger partial charge in [-0.05, 0) is 36.4 Å². The van der Waals surface area contributed by atoms with Gasteiger partial charge >= 0.3 is 0 Å². The summed E-state index contributed by atoms with van der Waals surface area (Å²) in [6, 6.07) is 9.87. The second-order valence-corrected chi connectivity index (χ2v) is 6.79. The number of ether oxygens (including phenoxy) is 1. The van der Waals surface area contributed by atoms with Gasteiger partial charge in [-0.3, -0.25) is 4.79 Å². The van der Waals surface area contributed by atoms with Crippen molar-refractivity contribution < 1.29 is 18.8 Å². The van der Waals surface area contributed by atoms with E-state index in [1.54, 1.807) is 7.11 Å². The molecule has 0 fully saturated rings. The lowest BCUT2D eigenvalue weighted by atomic mass is 10.2. The zero-order valence-corrected chi connectivity index (χ0v) is 15.7. The van der Waals surface area contributed by atoms with Gasteiger partial charge in [0.05, 0.1) is 19.8 Å². The monoisotopic (exact) mass is 415 g/mol. The van der Waals surface area contributed by atoms with Crippen LogP contribution in [0.3, 0.4) is 0 Å². The topological polar surface area (TPSA) is 42.8 Å². The van der Waals surface area contributed by atoms with Crippen molar-refractivity contribution in [2.45, 2.75) is 6.54 Å². The van der Waals surface area contributed by atoms with Gasteiger partial charge in [0.2, 0.25) is 0 Å². The van der Waals surface area contributed by atoms with Gasteiger partial charge in [0, 0.05) is 15.1 Å². The van der Waals surface area contributed by atoms with E-state index in [-0.39, 0.29) is 23.2 Å². The van der Waals surface area contributed by atoms with E-state index in [1.165, 1.54) is 18.2 Å². The van der Waals surface area contributed by atoms with Crippen LogP contribution in [0.4, 0.5) is 10.1 Å². The molecule has 2 aromatic rings.